The van der Waals surface area contributed by atoms with E-state index in [1.54, 1.807) is 0 Å². The average Bonchev–Trinajstić information content (AvgIpc) is 2.50. The van der Waals surface area contributed by atoms with Gasteiger partial charge < -0.3 is 0 Å². The van der Waals surface area contributed by atoms with Gasteiger partial charge in [-0.1, -0.05) is 78.5 Å². The summed E-state index contributed by atoms with van der Waals surface area (Å²) in [5, 5.41) is 0. The van der Waals surface area contributed by atoms with Crippen LogP contribution in [0.5, 0.6) is 0 Å². The number of unbranched alkanes of at least 4 members (excludes halogenated alkanes) is 1. The molecule has 0 amide bonds. The highest BCUT2D eigenvalue weighted by Crippen LogP contribution is 2.34. The van der Waals surface area contributed by atoms with Gasteiger partial charge in [0.2, 0.25) is 0 Å². The van der Waals surface area contributed by atoms with E-state index in [4.69, 9.17) is 0 Å². The lowest BCUT2D eigenvalue weighted by atomic mass is 9.76. The van der Waals surface area contributed by atoms with Crippen LogP contribution >= 0.6 is 0 Å². The zero-order valence-electron chi connectivity index (χ0n) is 16.3. The van der Waals surface area contributed by atoms with E-state index < -0.39 is 0 Å². The van der Waals surface area contributed by atoms with Crippen molar-refractivity contribution in [2.24, 2.45) is 23.2 Å². The minimum Gasteiger partial charge on any atom is -0.103 e. The molecular formula is C22H42. The summed E-state index contributed by atoms with van der Waals surface area (Å²) >= 11 is 0. The van der Waals surface area contributed by atoms with Gasteiger partial charge in [-0.25, -0.2) is 0 Å². The van der Waals surface area contributed by atoms with Gasteiger partial charge in [-0.3, -0.25) is 0 Å². The van der Waals surface area contributed by atoms with E-state index in [-0.39, 0.29) is 0 Å². The summed E-state index contributed by atoms with van der Waals surface area (Å²) in [6.07, 6.45) is 17.3. The average molecular weight is 307 g/mol. The molecule has 0 rings (SSSR count). The maximum Gasteiger partial charge on any atom is -0.0211 e. The molecule has 0 aliphatic heterocycles. The normalized spacial score (nSPS) is 16.6. The Morgan fingerprint density at radius 2 is 1.77 bits per heavy atom. The zero-order valence-corrected chi connectivity index (χ0v) is 16.3. The van der Waals surface area contributed by atoms with E-state index in [0.29, 0.717) is 11.3 Å². The van der Waals surface area contributed by atoms with E-state index in [9.17, 15) is 0 Å². The van der Waals surface area contributed by atoms with Gasteiger partial charge in [0.15, 0.2) is 0 Å². The smallest absolute Gasteiger partial charge is 0.0211 e. The van der Waals surface area contributed by atoms with Crippen LogP contribution in [0.15, 0.2) is 24.8 Å². The Morgan fingerprint density at radius 1 is 1.09 bits per heavy atom. The van der Waals surface area contributed by atoms with Crippen molar-refractivity contribution in [3.8, 4) is 0 Å². The zero-order chi connectivity index (χ0) is 17.0. The van der Waals surface area contributed by atoms with Crippen LogP contribution in [-0.2, 0) is 0 Å². The SMILES string of the molecule is C=CC(CCCCC(C)(C)CC(CC)CC=CC)C(C)CC. The molecule has 0 spiro atoms. The fourth-order valence-electron chi connectivity index (χ4n) is 3.53. The molecule has 3 atom stereocenters. The third-order valence-electron chi connectivity index (χ3n) is 5.44. The second-order valence-electron chi connectivity index (χ2n) is 7.98. The maximum atomic E-state index is 4.03. The summed E-state index contributed by atoms with van der Waals surface area (Å²) in [5.74, 6) is 2.36. The molecule has 0 heteroatoms. The van der Waals surface area contributed by atoms with Crippen molar-refractivity contribution in [1.82, 2.24) is 0 Å². The first-order valence-electron chi connectivity index (χ1n) is 9.63. The molecule has 0 fully saturated rings. The van der Waals surface area contributed by atoms with E-state index >= 15 is 0 Å². The Balaban J connectivity index is 4.12. The minimum atomic E-state index is 0.488. The lowest BCUT2D eigenvalue weighted by Gasteiger charge is -2.29. The summed E-state index contributed by atoms with van der Waals surface area (Å²) in [5.41, 5.74) is 0.488. The van der Waals surface area contributed by atoms with Crippen LogP contribution in [-0.4, -0.2) is 0 Å². The molecule has 0 aromatic heterocycles. The maximum absolute atomic E-state index is 4.03. The molecule has 0 aliphatic rings. The summed E-state index contributed by atoms with van der Waals surface area (Å²) in [6, 6.07) is 0. The van der Waals surface area contributed by atoms with Gasteiger partial charge in [0.05, 0.1) is 0 Å². The van der Waals surface area contributed by atoms with E-state index in [1.807, 2.05) is 0 Å². The molecule has 3 unspecified atom stereocenters. The summed E-state index contributed by atoms with van der Waals surface area (Å²) in [4.78, 5) is 0. The third kappa shape index (κ3) is 9.49. The summed E-state index contributed by atoms with van der Waals surface area (Å²) in [7, 11) is 0. The Kier molecular flexibility index (Phi) is 11.7. The monoisotopic (exact) mass is 306 g/mol. The van der Waals surface area contributed by atoms with Gasteiger partial charge in [-0.05, 0) is 55.8 Å². The van der Waals surface area contributed by atoms with Crippen LogP contribution in [0.1, 0.15) is 92.9 Å². The molecule has 0 N–H and O–H groups in total. The summed E-state index contributed by atoms with van der Waals surface area (Å²) < 4.78 is 0. The minimum absolute atomic E-state index is 0.488. The second kappa shape index (κ2) is 12.0. The number of hydrogen-bond donors (Lipinski definition) is 0. The quantitative estimate of drug-likeness (QED) is 0.240. The van der Waals surface area contributed by atoms with Crippen molar-refractivity contribution in [2.75, 3.05) is 0 Å². The molecule has 130 valence electrons. The molecule has 0 saturated heterocycles. The van der Waals surface area contributed by atoms with Gasteiger partial charge in [-0.15, -0.1) is 6.58 Å². The molecule has 22 heavy (non-hydrogen) atoms. The topological polar surface area (TPSA) is 0 Å². The molecule has 0 saturated carbocycles. The largest absolute Gasteiger partial charge is 0.103 e. The molecular weight excluding hydrogens is 264 g/mol. The highest BCUT2D eigenvalue weighted by Gasteiger charge is 2.22. The Bertz CT molecular complexity index is 297. The fraction of sp³-hybridized carbons (Fsp3) is 0.818. The lowest BCUT2D eigenvalue weighted by Crippen LogP contribution is -2.17. The highest BCUT2D eigenvalue weighted by atomic mass is 14.3. The van der Waals surface area contributed by atoms with Gasteiger partial charge in [0.25, 0.3) is 0 Å². The number of hydrogen-bond acceptors (Lipinski definition) is 0. The van der Waals surface area contributed by atoms with Crippen LogP contribution in [0.4, 0.5) is 0 Å². The summed E-state index contributed by atoms with van der Waals surface area (Å²) in [6.45, 7) is 18.1. The van der Waals surface area contributed by atoms with E-state index in [2.05, 4.69) is 66.3 Å². The molecule has 0 heterocycles. The molecule has 0 nitrogen and oxygen atoms in total. The Labute approximate surface area is 141 Å². The lowest BCUT2D eigenvalue weighted by molar-refractivity contribution is 0.233. The standard InChI is InChI=1S/C22H42/c1-8-12-15-20(10-3)18-22(6,7)17-14-13-16-21(11-4)19(5)9-2/h8,11-12,19-21H,4,9-10,13-18H2,1-3,5-7H3. The van der Waals surface area contributed by atoms with E-state index in [1.165, 1.54) is 51.4 Å². The predicted molar refractivity (Wildman–Crippen MR) is 103 cm³/mol. The third-order valence-corrected chi connectivity index (χ3v) is 5.44. The van der Waals surface area contributed by atoms with Crippen LogP contribution in [0, 0.1) is 23.2 Å². The van der Waals surface area contributed by atoms with Crippen molar-refractivity contribution in [2.45, 2.75) is 92.9 Å². The fourth-order valence-corrected chi connectivity index (χ4v) is 3.53. The van der Waals surface area contributed by atoms with Crippen molar-refractivity contribution >= 4 is 0 Å². The molecule has 0 bridgehead atoms. The van der Waals surface area contributed by atoms with E-state index in [0.717, 1.165) is 11.8 Å². The number of rotatable bonds is 13. The van der Waals surface area contributed by atoms with Crippen molar-refractivity contribution < 1.29 is 0 Å². The van der Waals surface area contributed by atoms with Crippen LogP contribution in [0.3, 0.4) is 0 Å². The van der Waals surface area contributed by atoms with Gasteiger partial charge in [0, 0.05) is 0 Å². The first-order chi connectivity index (χ1) is 10.4. The van der Waals surface area contributed by atoms with Crippen molar-refractivity contribution in [3.05, 3.63) is 24.8 Å². The van der Waals surface area contributed by atoms with Crippen molar-refractivity contribution in [3.63, 3.8) is 0 Å². The second-order valence-corrected chi connectivity index (χ2v) is 7.98. The molecule has 0 aliphatic carbocycles. The van der Waals surface area contributed by atoms with Crippen LogP contribution in [0.25, 0.3) is 0 Å². The number of allylic oxidation sites excluding steroid dienone is 3. The highest BCUT2D eigenvalue weighted by molar-refractivity contribution is 4.84. The van der Waals surface area contributed by atoms with Gasteiger partial charge >= 0.3 is 0 Å². The Morgan fingerprint density at radius 3 is 2.27 bits per heavy atom. The van der Waals surface area contributed by atoms with Crippen LogP contribution in [0.2, 0.25) is 0 Å². The Hall–Kier alpha value is -0.520. The molecule has 0 aromatic rings. The predicted octanol–water partition coefficient (Wildman–Crippen LogP) is 7.80. The van der Waals surface area contributed by atoms with Crippen LogP contribution < -0.4 is 0 Å². The molecule has 0 aromatic carbocycles. The first kappa shape index (κ1) is 21.5. The van der Waals surface area contributed by atoms with Gasteiger partial charge in [-0.2, -0.15) is 0 Å². The molecule has 0 radical (unpaired) electrons. The first-order valence-corrected chi connectivity index (χ1v) is 9.63. The van der Waals surface area contributed by atoms with Crippen molar-refractivity contribution in [1.29, 1.82) is 0 Å². The van der Waals surface area contributed by atoms with Gasteiger partial charge in [0.1, 0.15) is 0 Å².